The molecule has 6 heteroatoms. The van der Waals surface area contributed by atoms with Crippen LogP contribution in [0.5, 0.6) is 0 Å². The highest BCUT2D eigenvalue weighted by atomic mass is 32.1. The molecule has 25 heavy (non-hydrogen) atoms. The fourth-order valence-corrected chi connectivity index (χ4v) is 4.14. The monoisotopic (exact) mass is 350 g/mol. The van der Waals surface area contributed by atoms with Crippen molar-refractivity contribution < 1.29 is 0 Å². The Labute approximate surface area is 149 Å². The van der Waals surface area contributed by atoms with E-state index in [4.69, 9.17) is 0 Å². The lowest BCUT2D eigenvalue weighted by atomic mass is 10.0. The summed E-state index contributed by atoms with van der Waals surface area (Å²) in [4.78, 5) is 26.8. The smallest absolute Gasteiger partial charge is 0.262 e. The van der Waals surface area contributed by atoms with E-state index < -0.39 is 0 Å². The molecule has 0 spiro atoms. The lowest BCUT2D eigenvalue weighted by Crippen LogP contribution is -2.21. The van der Waals surface area contributed by atoms with Gasteiger partial charge in [0.25, 0.3) is 5.56 Å². The third-order valence-corrected chi connectivity index (χ3v) is 5.55. The van der Waals surface area contributed by atoms with Gasteiger partial charge in [0.2, 0.25) is 0 Å². The van der Waals surface area contributed by atoms with Gasteiger partial charge in [-0.15, -0.1) is 11.3 Å². The molecule has 5 nitrogen and oxygen atoms in total. The summed E-state index contributed by atoms with van der Waals surface area (Å²) in [5.74, 6) is 0. The number of hydrogen-bond acceptors (Lipinski definition) is 4. The van der Waals surface area contributed by atoms with Crippen LogP contribution in [-0.4, -0.2) is 19.5 Å². The van der Waals surface area contributed by atoms with Gasteiger partial charge in [-0.2, -0.15) is 0 Å². The van der Waals surface area contributed by atoms with Crippen molar-refractivity contribution in [3.8, 4) is 11.1 Å². The van der Waals surface area contributed by atoms with Crippen molar-refractivity contribution in [1.82, 2.24) is 19.5 Å². The average Bonchev–Trinajstić information content (AvgIpc) is 3.29. The third kappa shape index (κ3) is 2.89. The first-order valence-corrected chi connectivity index (χ1v) is 9.13. The standard InChI is InChI=1S/C19H18N4OS/c1-2-15-16(13-6-4-3-5-7-13)17-18(25-15)22-12-23(19(17)24)9-8-14-10-20-11-21-14/h3-7,10-12H,2,8-9H2,1H3,(H,20,21). The number of nitrogens with zero attached hydrogens (tertiary/aromatic N) is 3. The van der Waals surface area contributed by atoms with Gasteiger partial charge in [0.05, 0.1) is 18.0 Å². The molecule has 3 aromatic heterocycles. The molecule has 0 amide bonds. The Bertz CT molecular complexity index is 1050. The van der Waals surface area contributed by atoms with Gasteiger partial charge < -0.3 is 4.98 Å². The van der Waals surface area contributed by atoms with Gasteiger partial charge in [0.1, 0.15) is 4.83 Å². The van der Waals surface area contributed by atoms with Crippen LogP contribution in [0.2, 0.25) is 0 Å². The summed E-state index contributed by atoms with van der Waals surface area (Å²) in [7, 11) is 0. The normalized spacial score (nSPS) is 11.2. The summed E-state index contributed by atoms with van der Waals surface area (Å²) in [6.07, 6.45) is 6.70. The number of hydrogen-bond donors (Lipinski definition) is 1. The van der Waals surface area contributed by atoms with Crippen molar-refractivity contribution in [2.75, 3.05) is 0 Å². The zero-order chi connectivity index (χ0) is 17.2. The summed E-state index contributed by atoms with van der Waals surface area (Å²) >= 11 is 1.62. The summed E-state index contributed by atoms with van der Waals surface area (Å²) < 4.78 is 1.70. The first-order valence-electron chi connectivity index (χ1n) is 8.31. The number of fused-ring (bicyclic) bond motifs is 1. The van der Waals surface area contributed by atoms with Crippen LogP contribution in [-0.2, 0) is 19.4 Å². The molecule has 0 saturated carbocycles. The van der Waals surface area contributed by atoms with Gasteiger partial charge >= 0.3 is 0 Å². The number of rotatable bonds is 5. The van der Waals surface area contributed by atoms with E-state index in [-0.39, 0.29) is 5.56 Å². The van der Waals surface area contributed by atoms with E-state index in [1.807, 2.05) is 18.2 Å². The second kappa shape index (κ2) is 6.64. The molecule has 0 unspecified atom stereocenters. The first kappa shape index (κ1) is 15.8. The third-order valence-electron chi connectivity index (χ3n) is 4.31. The Balaban J connectivity index is 1.83. The fourth-order valence-electron chi connectivity index (χ4n) is 3.05. The van der Waals surface area contributed by atoms with Crippen LogP contribution in [0.25, 0.3) is 21.3 Å². The Morgan fingerprint density at radius 1 is 1.24 bits per heavy atom. The van der Waals surface area contributed by atoms with Crippen molar-refractivity contribution >= 4 is 21.6 Å². The predicted octanol–water partition coefficient (Wildman–Crippen LogP) is 3.65. The van der Waals surface area contributed by atoms with E-state index >= 15 is 0 Å². The molecule has 0 aliphatic carbocycles. The summed E-state index contributed by atoms with van der Waals surface area (Å²) in [6, 6.07) is 10.1. The minimum Gasteiger partial charge on any atom is -0.348 e. The van der Waals surface area contributed by atoms with Crippen LogP contribution in [0, 0.1) is 0 Å². The molecular formula is C19H18N4OS. The molecule has 126 valence electrons. The van der Waals surface area contributed by atoms with Gasteiger partial charge in [-0.25, -0.2) is 9.97 Å². The van der Waals surface area contributed by atoms with Gasteiger partial charge in [0.15, 0.2) is 0 Å². The lowest BCUT2D eigenvalue weighted by Gasteiger charge is -2.06. The molecule has 1 N–H and O–H groups in total. The van der Waals surface area contributed by atoms with Crippen LogP contribution in [0.3, 0.4) is 0 Å². The number of aromatic nitrogens is 4. The van der Waals surface area contributed by atoms with Gasteiger partial charge in [-0.1, -0.05) is 37.3 Å². The molecule has 1 aromatic carbocycles. The largest absolute Gasteiger partial charge is 0.348 e. The first-order chi connectivity index (χ1) is 12.3. The number of benzene rings is 1. The van der Waals surface area contributed by atoms with Crippen molar-refractivity contribution in [2.45, 2.75) is 26.3 Å². The van der Waals surface area contributed by atoms with E-state index in [0.717, 1.165) is 39.9 Å². The quantitative estimate of drug-likeness (QED) is 0.597. The number of thiophene rings is 1. The fraction of sp³-hybridized carbons (Fsp3) is 0.211. The molecule has 0 aliphatic heterocycles. The molecule has 0 bridgehead atoms. The van der Waals surface area contributed by atoms with E-state index in [0.29, 0.717) is 6.54 Å². The molecular weight excluding hydrogens is 332 g/mol. The topological polar surface area (TPSA) is 63.6 Å². The maximum atomic E-state index is 13.1. The van der Waals surface area contributed by atoms with Crippen molar-refractivity contribution in [3.63, 3.8) is 0 Å². The molecule has 4 aromatic rings. The number of aryl methyl sites for hydroxylation is 3. The van der Waals surface area contributed by atoms with E-state index in [1.165, 1.54) is 4.88 Å². The average molecular weight is 350 g/mol. The highest BCUT2D eigenvalue weighted by Gasteiger charge is 2.18. The number of imidazole rings is 1. The highest BCUT2D eigenvalue weighted by Crippen LogP contribution is 2.36. The van der Waals surface area contributed by atoms with Crippen LogP contribution < -0.4 is 5.56 Å². The minimum absolute atomic E-state index is 0.0271. The highest BCUT2D eigenvalue weighted by molar-refractivity contribution is 7.19. The van der Waals surface area contributed by atoms with Crippen LogP contribution in [0.15, 0.2) is 54.0 Å². The molecule has 3 heterocycles. The zero-order valence-electron chi connectivity index (χ0n) is 13.9. The zero-order valence-corrected chi connectivity index (χ0v) is 14.7. The molecule has 0 atom stereocenters. The summed E-state index contributed by atoms with van der Waals surface area (Å²) in [6.45, 7) is 2.70. The van der Waals surface area contributed by atoms with Crippen molar-refractivity contribution in [1.29, 1.82) is 0 Å². The number of nitrogens with one attached hydrogen (secondary N) is 1. The Morgan fingerprint density at radius 2 is 2.08 bits per heavy atom. The molecule has 0 aliphatic rings. The van der Waals surface area contributed by atoms with Crippen molar-refractivity contribution in [3.05, 3.63) is 70.1 Å². The van der Waals surface area contributed by atoms with Gasteiger partial charge in [-0.05, 0) is 12.0 Å². The summed E-state index contributed by atoms with van der Waals surface area (Å²) in [5, 5.41) is 0.736. The Morgan fingerprint density at radius 3 is 2.80 bits per heavy atom. The number of aromatic amines is 1. The van der Waals surface area contributed by atoms with E-state index in [1.54, 1.807) is 34.8 Å². The predicted molar refractivity (Wildman–Crippen MR) is 101 cm³/mol. The van der Waals surface area contributed by atoms with Gasteiger partial charge in [-0.3, -0.25) is 9.36 Å². The van der Waals surface area contributed by atoms with Crippen LogP contribution in [0.1, 0.15) is 17.5 Å². The van der Waals surface area contributed by atoms with E-state index in [2.05, 4.69) is 34.0 Å². The summed E-state index contributed by atoms with van der Waals surface area (Å²) in [5.41, 5.74) is 3.15. The second-order valence-electron chi connectivity index (χ2n) is 5.87. The van der Waals surface area contributed by atoms with Crippen LogP contribution in [0.4, 0.5) is 0 Å². The molecule has 4 rings (SSSR count). The maximum absolute atomic E-state index is 13.1. The SMILES string of the molecule is CCc1sc2ncn(CCc3cnc[nH]3)c(=O)c2c1-c1ccccc1. The Hall–Kier alpha value is -2.73. The maximum Gasteiger partial charge on any atom is 0.262 e. The number of H-pyrrole nitrogens is 1. The van der Waals surface area contributed by atoms with Crippen LogP contribution >= 0.6 is 11.3 Å². The van der Waals surface area contributed by atoms with E-state index in [9.17, 15) is 4.79 Å². The Kier molecular flexibility index (Phi) is 4.19. The molecule has 0 saturated heterocycles. The van der Waals surface area contributed by atoms with Crippen molar-refractivity contribution in [2.24, 2.45) is 0 Å². The second-order valence-corrected chi connectivity index (χ2v) is 6.95. The molecule has 0 fully saturated rings. The van der Waals surface area contributed by atoms with Gasteiger partial charge in [0, 0.05) is 35.3 Å². The minimum atomic E-state index is 0.0271. The molecule has 0 radical (unpaired) electrons. The lowest BCUT2D eigenvalue weighted by molar-refractivity contribution is 0.656.